The fourth-order valence-corrected chi connectivity index (χ4v) is 3.33. The highest BCUT2D eigenvalue weighted by atomic mass is 35.5. The monoisotopic (exact) mass is 280 g/mol. The van der Waals surface area contributed by atoms with Crippen LogP contribution in [-0.2, 0) is 6.54 Å². The first kappa shape index (κ1) is 13.0. The Bertz CT molecular complexity index is 414. The second kappa shape index (κ2) is 5.55. The molecule has 1 aromatic heterocycles. The van der Waals surface area contributed by atoms with Gasteiger partial charge in [0.1, 0.15) is 11.0 Å². The number of hydrogen-bond acceptors (Lipinski definition) is 4. The fourth-order valence-electron chi connectivity index (χ4n) is 3.14. The summed E-state index contributed by atoms with van der Waals surface area (Å²) < 4.78 is 0. The fraction of sp³-hybridized carbons (Fsp3) is 0.643. The number of aromatic nitrogens is 1. The Morgan fingerprint density at radius 2 is 1.63 bits per heavy atom. The van der Waals surface area contributed by atoms with Crippen molar-refractivity contribution in [2.75, 3.05) is 36.0 Å². The van der Waals surface area contributed by atoms with Crippen LogP contribution in [0.5, 0.6) is 0 Å². The van der Waals surface area contributed by atoms with Crippen molar-refractivity contribution in [2.24, 2.45) is 5.73 Å². The van der Waals surface area contributed by atoms with E-state index < -0.39 is 0 Å². The minimum Gasteiger partial charge on any atom is -0.371 e. The van der Waals surface area contributed by atoms with Crippen molar-refractivity contribution in [1.29, 1.82) is 0 Å². The molecule has 0 bridgehead atoms. The van der Waals surface area contributed by atoms with Gasteiger partial charge in [0, 0.05) is 44.0 Å². The minimum atomic E-state index is 0.530. The van der Waals surface area contributed by atoms with Gasteiger partial charge in [-0.25, -0.2) is 4.98 Å². The summed E-state index contributed by atoms with van der Waals surface area (Å²) in [6.45, 7) is 4.88. The molecular weight excluding hydrogens is 260 g/mol. The number of rotatable bonds is 3. The van der Waals surface area contributed by atoms with Gasteiger partial charge in [-0.2, -0.15) is 0 Å². The van der Waals surface area contributed by atoms with E-state index >= 15 is 0 Å². The first-order chi connectivity index (χ1) is 9.29. The van der Waals surface area contributed by atoms with Gasteiger partial charge < -0.3 is 15.5 Å². The van der Waals surface area contributed by atoms with Gasteiger partial charge in [-0.1, -0.05) is 11.6 Å². The Hall–Kier alpha value is -1.00. The van der Waals surface area contributed by atoms with E-state index in [1.807, 2.05) is 6.07 Å². The van der Waals surface area contributed by atoms with Crippen LogP contribution < -0.4 is 15.5 Å². The maximum atomic E-state index is 6.23. The summed E-state index contributed by atoms with van der Waals surface area (Å²) in [5, 5.41) is 0.584. The lowest BCUT2D eigenvalue weighted by molar-refractivity contribution is 0.885. The molecule has 0 aliphatic carbocycles. The third kappa shape index (κ3) is 2.51. The van der Waals surface area contributed by atoms with Crippen LogP contribution in [0.1, 0.15) is 31.2 Å². The Morgan fingerprint density at radius 3 is 2.21 bits per heavy atom. The number of hydrogen-bond donors (Lipinski definition) is 1. The predicted molar refractivity (Wildman–Crippen MR) is 80.0 cm³/mol. The molecule has 2 aliphatic heterocycles. The summed E-state index contributed by atoms with van der Waals surface area (Å²) in [4.78, 5) is 9.27. The molecule has 2 aliphatic rings. The first-order valence-electron chi connectivity index (χ1n) is 7.19. The van der Waals surface area contributed by atoms with E-state index in [-0.39, 0.29) is 0 Å². The molecule has 19 heavy (non-hydrogen) atoms. The Kier molecular flexibility index (Phi) is 3.80. The molecule has 0 saturated carbocycles. The van der Waals surface area contributed by atoms with Gasteiger partial charge in [0.2, 0.25) is 0 Å². The van der Waals surface area contributed by atoms with Crippen LogP contribution >= 0.6 is 11.6 Å². The van der Waals surface area contributed by atoms with Crippen LogP contribution in [0, 0.1) is 0 Å². The standard InChI is InChI=1S/C14H21ClN4/c15-13-9-12(18-5-1-2-6-18)11(10-16)14(17-13)19-7-3-4-8-19/h9H,1-8,10,16H2. The van der Waals surface area contributed by atoms with E-state index in [1.165, 1.54) is 31.4 Å². The molecule has 5 heteroatoms. The molecule has 0 atom stereocenters. The summed E-state index contributed by atoms with van der Waals surface area (Å²) in [6.07, 6.45) is 4.97. The number of pyridine rings is 1. The number of nitrogens with two attached hydrogens (primary N) is 1. The zero-order valence-corrected chi connectivity index (χ0v) is 12.0. The molecular formula is C14H21ClN4. The van der Waals surface area contributed by atoms with Crippen LogP contribution in [0.4, 0.5) is 11.5 Å². The molecule has 2 saturated heterocycles. The van der Waals surface area contributed by atoms with Crippen LogP contribution in [0.2, 0.25) is 5.15 Å². The number of halogens is 1. The lowest BCUT2D eigenvalue weighted by Gasteiger charge is -2.26. The van der Waals surface area contributed by atoms with E-state index in [0.29, 0.717) is 11.7 Å². The third-order valence-corrected chi connectivity index (χ3v) is 4.30. The molecule has 1 aromatic rings. The number of nitrogens with zero attached hydrogens (tertiary/aromatic N) is 3. The molecule has 2 fully saturated rings. The van der Waals surface area contributed by atoms with E-state index in [9.17, 15) is 0 Å². The van der Waals surface area contributed by atoms with Crippen molar-refractivity contribution in [1.82, 2.24) is 4.98 Å². The molecule has 0 unspecified atom stereocenters. The Balaban J connectivity index is 2.02. The summed E-state index contributed by atoms with van der Waals surface area (Å²) in [5.41, 5.74) is 8.36. The molecule has 3 heterocycles. The van der Waals surface area contributed by atoms with Gasteiger partial charge in [-0.3, -0.25) is 0 Å². The van der Waals surface area contributed by atoms with Crippen molar-refractivity contribution >= 4 is 23.1 Å². The molecule has 3 rings (SSSR count). The van der Waals surface area contributed by atoms with E-state index in [0.717, 1.165) is 37.6 Å². The summed E-state index contributed by atoms with van der Waals surface area (Å²) >= 11 is 6.23. The third-order valence-electron chi connectivity index (χ3n) is 4.10. The first-order valence-corrected chi connectivity index (χ1v) is 7.57. The van der Waals surface area contributed by atoms with Crippen LogP contribution in [0.3, 0.4) is 0 Å². The molecule has 104 valence electrons. The SMILES string of the molecule is NCc1c(N2CCCC2)cc(Cl)nc1N1CCCC1. The van der Waals surface area contributed by atoms with Gasteiger partial charge >= 0.3 is 0 Å². The second-order valence-corrected chi connectivity index (χ2v) is 5.75. The van der Waals surface area contributed by atoms with Crippen molar-refractivity contribution in [3.8, 4) is 0 Å². The molecule has 0 aromatic carbocycles. The van der Waals surface area contributed by atoms with E-state index in [2.05, 4.69) is 14.8 Å². The zero-order valence-electron chi connectivity index (χ0n) is 11.2. The predicted octanol–water partition coefficient (Wildman–Crippen LogP) is 2.39. The van der Waals surface area contributed by atoms with Crippen molar-refractivity contribution in [2.45, 2.75) is 32.2 Å². The van der Waals surface area contributed by atoms with Crippen LogP contribution in [0.25, 0.3) is 0 Å². The second-order valence-electron chi connectivity index (χ2n) is 5.36. The quantitative estimate of drug-likeness (QED) is 0.864. The minimum absolute atomic E-state index is 0.530. The van der Waals surface area contributed by atoms with Gasteiger partial charge in [0.05, 0.1) is 0 Å². The van der Waals surface area contributed by atoms with Gasteiger partial charge in [0.25, 0.3) is 0 Å². The smallest absolute Gasteiger partial charge is 0.136 e. The molecule has 0 radical (unpaired) electrons. The lowest BCUT2D eigenvalue weighted by atomic mass is 10.2. The Morgan fingerprint density at radius 1 is 1.05 bits per heavy atom. The van der Waals surface area contributed by atoms with Crippen molar-refractivity contribution in [3.05, 3.63) is 16.8 Å². The van der Waals surface area contributed by atoms with E-state index in [1.54, 1.807) is 0 Å². The summed E-state index contributed by atoms with van der Waals surface area (Å²) in [7, 11) is 0. The van der Waals surface area contributed by atoms with Gasteiger partial charge in [-0.15, -0.1) is 0 Å². The Labute approximate surface area is 119 Å². The molecule has 0 amide bonds. The average Bonchev–Trinajstić information content (AvgIpc) is 3.11. The highest BCUT2D eigenvalue weighted by Crippen LogP contribution is 2.34. The number of anilines is 2. The van der Waals surface area contributed by atoms with Gasteiger partial charge in [0.15, 0.2) is 0 Å². The molecule has 4 nitrogen and oxygen atoms in total. The van der Waals surface area contributed by atoms with Crippen molar-refractivity contribution < 1.29 is 0 Å². The maximum absolute atomic E-state index is 6.23. The molecule has 2 N–H and O–H groups in total. The lowest BCUT2D eigenvalue weighted by Crippen LogP contribution is -2.26. The van der Waals surface area contributed by atoms with Gasteiger partial charge in [-0.05, 0) is 31.7 Å². The maximum Gasteiger partial charge on any atom is 0.136 e. The highest BCUT2D eigenvalue weighted by molar-refractivity contribution is 6.29. The summed E-state index contributed by atoms with van der Waals surface area (Å²) in [5.74, 6) is 1.01. The van der Waals surface area contributed by atoms with Crippen molar-refractivity contribution in [3.63, 3.8) is 0 Å². The summed E-state index contributed by atoms with van der Waals surface area (Å²) in [6, 6.07) is 1.98. The largest absolute Gasteiger partial charge is 0.371 e. The van der Waals surface area contributed by atoms with Crippen LogP contribution in [-0.4, -0.2) is 31.2 Å². The average molecular weight is 281 g/mol. The van der Waals surface area contributed by atoms with Crippen LogP contribution in [0.15, 0.2) is 6.07 Å². The zero-order chi connectivity index (χ0) is 13.2. The topological polar surface area (TPSA) is 45.4 Å². The normalized spacial score (nSPS) is 19.5. The van der Waals surface area contributed by atoms with E-state index in [4.69, 9.17) is 17.3 Å². The molecule has 0 spiro atoms. The highest BCUT2D eigenvalue weighted by Gasteiger charge is 2.23.